The molecule has 4 nitrogen and oxygen atoms in total. The lowest BCUT2D eigenvalue weighted by Crippen LogP contribution is -2.00. The molecule has 0 bridgehead atoms. The van der Waals surface area contributed by atoms with E-state index in [4.69, 9.17) is 5.11 Å². The maximum atomic E-state index is 10.2. The Bertz CT molecular complexity index is 407. The molecule has 0 aliphatic rings. The van der Waals surface area contributed by atoms with E-state index in [1.165, 1.54) is 0 Å². The van der Waals surface area contributed by atoms with E-state index in [1.807, 2.05) is 20.8 Å². The summed E-state index contributed by atoms with van der Waals surface area (Å²) in [5.41, 5.74) is 1.42. The second-order valence-corrected chi connectivity index (χ2v) is 3.26. The van der Waals surface area contributed by atoms with Crippen LogP contribution < -0.4 is 0 Å². The van der Waals surface area contributed by atoms with Gasteiger partial charge < -0.3 is 5.11 Å². The summed E-state index contributed by atoms with van der Waals surface area (Å²) in [5, 5.41) is 12.6. The highest BCUT2D eigenvalue weighted by Gasteiger charge is 2.04. The third-order valence-corrected chi connectivity index (χ3v) is 1.75. The molecule has 0 amide bonds. The molecule has 0 atom stereocenters. The average Bonchev–Trinajstić information content (AvgIpc) is 2.43. The van der Waals surface area contributed by atoms with Crippen molar-refractivity contribution < 1.29 is 9.90 Å². The zero-order chi connectivity index (χ0) is 10.7. The predicted molar refractivity (Wildman–Crippen MR) is 51.9 cm³/mol. The second kappa shape index (κ2) is 3.97. The molecule has 4 heteroatoms. The maximum Gasteiger partial charge on any atom is 0.382 e. The summed E-state index contributed by atoms with van der Waals surface area (Å²) in [7, 11) is 0. The molecule has 1 aromatic heterocycles. The van der Waals surface area contributed by atoms with Crippen LogP contribution in [0.5, 0.6) is 0 Å². The van der Waals surface area contributed by atoms with E-state index in [9.17, 15) is 4.79 Å². The molecule has 0 unspecified atom stereocenters. The number of carbonyl (C=O) groups is 1. The number of hydrogen-bond donors (Lipinski definition) is 1. The molecular formula is C10H12N2O2. The number of carboxylic acids is 1. The minimum absolute atomic E-state index is 0.258. The third kappa shape index (κ3) is 2.36. The van der Waals surface area contributed by atoms with Gasteiger partial charge in [-0.15, -0.1) is 0 Å². The topological polar surface area (TPSA) is 55.1 Å². The molecule has 1 rings (SSSR count). The minimum Gasteiger partial charge on any atom is -0.472 e. The summed E-state index contributed by atoms with van der Waals surface area (Å²) in [5.74, 6) is 3.50. The van der Waals surface area contributed by atoms with Crippen LogP contribution in [0.15, 0.2) is 6.20 Å². The molecule has 0 radical (unpaired) electrons. The lowest BCUT2D eigenvalue weighted by Gasteiger charge is -2.02. The Hall–Kier alpha value is -1.76. The fraction of sp³-hybridized carbons (Fsp3) is 0.400. The fourth-order valence-corrected chi connectivity index (χ4v) is 0.990. The molecule has 1 heterocycles. The number of rotatable bonds is 1. The first-order valence-electron chi connectivity index (χ1n) is 4.31. The molecule has 14 heavy (non-hydrogen) atoms. The van der Waals surface area contributed by atoms with Crippen molar-refractivity contribution in [1.29, 1.82) is 0 Å². The summed E-state index contributed by atoms with van der Waals surface area (Å²) in [4.78, 5) is 10.2. The Morgan fingerprint density at radius 3 is 2.71 bits per heavy atom. The van der Waals surface area contributed by atoms with E-state index in [0.29, 0.717) is 5.56 Å². The Kier molecular flexibility index (Phi) is 2.92. The zero-order valence-corrected chi connectivity index (χ0v) is 8.40. The van der Waals surface area contributed by atoms with Gasteiger partial charge in [-0.2, -0.15) is 5.10 Å². The van der Waals surface area contributed by atoms with Gasteiger partial charge >= 0.3 is 5.97 Å². The van der Waals surface area contributed by atoms with Crippen LogP contribution in [0.2, 0.25) is 0 Å². The number of aromatic nitrogens is 2. The Morgan fingerprint density at radius 2 is 2.29 bits per heavy atom. The minimum atomic E-state index is -1.12. The van der Waals surface area contributed by atoms with E-state index in [0.717, 1.165) is 5.69 Å². The van der Waals surface area contributed by atoms with Crippen molar-refractivity contribution in [2.75, 3.05) is 0 Å². The van der Waals surface area contributed by atoms with Crippen LogP contribution in [0.4, 0.5) is 0 Å². The van der Waals surface area contributed by atoms with Crippen LogP contribution in [0.25, 0.3) is 0 Å². The second-order valence-electron chi connectivity index (χ2n) is 3.26. The quantitative estimate of drug-likeness (QED) is 0.680. The van der Waals surface area contributed by atoms with Gasteiger partial charge in [0.2, 0.25) is 0 Å². The maximum absolute atomic E-state index is 10.2. The molecule has 0 spiro atoms. The first-order chi connectivity index (χ1) is 6.50. The fourth-order valence-electron chi connectivity index (χ4n) is 0.990. The van der Waals surface area contributed by atoms with Crippen molar-refractivity contribution in [3.63, 3.8) is 0 Å². The SMILES string of the molecule is Cc1nn(C(C)C)cc1C#CC(=O)O. The number of hydrogen-bond acceptors (Lipinski definition) is 2. The molecule has 0 aliphatic carbocycles. The molecule has 0 saturated carbocycles. The van der Waals surface area contributed by atoms with Gasteiger partial charge in [0.05, 0.1) is 11.3 Å². The summed E-state index contributed by atoms with van der Waals surface area (Å²) in [6.45, 7) is 5.81. The van der Waals surface area contributed by atoms with Gasteiger partial charge in [0.1, 0.15) is 0 Å². The van der Waals surface area contributed by atoms with Gasteiger partial charge in [0.15, 0.2) is 0 Å². The number of carboxylic acid groups (broad SMARTS) is 1. The van der Waals surface area contributed by atoms with E-state index >= 15 is 0 Å². The van der Waals surface area contributed by atoms with Gasteiger partial charge in [-0.05, 0) is 20.8 Å². The number of nitrogens with zero attached hydrogens (tertiary/aromatic N) is 2. The third-order valence-electron chi connectivity index (χ3n) is 1.75. The van der Waals surface area contributed by atoms with Crippen molar-refractivity contribution in [2.24, 2.45) is 0 Å². The highest BCUT2D eigenvalue weighted by molar-refractivity contribution is 5.87. The van der Waals surface area contributed by atoms with Crippen molar-refractivity contribution in [3.8, 4) is 11.8 Å². The number of aliphatic carboxylic acids is 1. The van der Waals surface area contributed by atoms with Crippen LogP contribution >= 0.6 is 0 Å². The zero-order valence-electron chi connectivity index (χ0n) is 8.40. The van der Waals surface area contributed by atoms with E-state index in [-0.39, 0.29) is 6.04 Å². The first-order valence-corrected chi connectivity index (χ1v) is 4.31. The Morgan fingerprint density at radius 1 is 1.64 bits per heavy atom. The molecule has 0 saturated heterocycles. The van der Waals surface area contributed by atoms with Gasteiger partial charge in [-0.1, -0.05) is 5.92 Å². The molecule has 0 aromatic carbocycles. The monoisotopic (exact) mass is 192 g/mol. The molecule has 1 aromatic rings. The number of aryl methyl sites for hydroxylation is 1. The largest absolute Gasteiger partial charge is 0.472 e. The smallest absolute Gasteiger partial charge is 0.382 e. The van der Waals surface area contributed by atoms with Gasteiger partial charge in [0, 0.05) is 18.2 Å². The average molecular weight is 192 g/mol. The molecule has 1 N–H and O–H groups in total. The lowest BCUT2D eigenvalue weighted by molar-refractivity contribution is -0.130. The van der Waals surface area contributed by atoms with Crippen molar-refractivity contribution in [2.45, 2.75) is 26.8 Å². The highest BCUT2D eigenvalue weighted by Crippen LogP contribution is 2.08. The summed E-state index contributed by atoms with van der Waals surface area (Å²) in [6, 6.07) is 0.258. The van der Waals surface area contributed by atoms with Gasteiger partial charge in [-0.3, -0.25) is 4.68 Å². The lowest BCUT2D eigenvalue weighted by atomic mass is 10.3. The highest BCUT2D eigenvalue weighted by atomic mass is 16.4. The summed E-state index contributed by atoms with van der Waals surface area (Å²) < 4.78 is 1.77. The molecular weight excluding hydrogens is 180 g/mol. The van der Waals surface area contributed by atoms with Crippen LogP contribution in [-0.2, 0) is 4.79 Å². The molecule has 74 valence electrons. The Labute approximate surface area is 82.5 Å². The van der Waals surface area contributed by atoms with Crippen LogP contribution in [-0.4, -0.2) is 20.9 Å². The predicted octanol–water partition coefficient (Wildman–Crippen LogP) is 1.21. The van der Waals surface area contributed by atoms with Crippen molar-refractivity contribution in [1.82, 2.24) is 9.78 Å². The van der Waals surface area contributed by atoms with Crippen molar-refractivity contribution >= 4 is 5.97 Å². The molecule has 0 fully saturated rings. The van der Waals surface area contributed by atoms with E-state index in [2.05, 4.69) is 16.9 Å². The first kappa shape index (κ1) is 10.3. The van der Waals surface area contributed by atoms with E-state index < -0.39 is 5.97 Å². The normalized spacial score (nSPS) is 9.71. The van der Waals surface area contributed by atoms with E-state index in [1.54, 1.807) is 10.9 Å². The van der Waals surface area contributed by atoms with Crippen LogP contribution in [0, 0.1) is 18.8 Å². The van der Waals surface area contributed by atoms with Gasteiger partial charge in [-0.25, -0.2) is 4.79 Å². The summed E-state index contributed by atoms with van der Waals surface area (Å²) >= 11 is 0. The molecule has 0 aliphatic heterocycles. The van der Waals surface area contributed by atoms with Gasteiger partial charge in [0.25, 0.3) is 0 Å². The Balaban J connectivity index is 3.01. The van der Waals surface area contributed by atoms with Crippen molar-refractivity contribution in [3.05, 3.63) is 17.5 Å². The summed E-state index contributed by atoms with van der Waals surface area (Å²) in [6.07, 6.45) is 1.76. The van der Waals surface area contributed by atoms with Crippen LogP contribution in [0.3, 0.4) is 0 Å². The van der Waals surface area contributed by atoms with Crippen LogP contribution in [0.1, 0.15) is 31.1 Å². The standard InChI is InChI=1S/C10H12N2O2/c1-7(2)12-6-9(8(3)11-12)4-5-10(13)14/h6-7H,1-3H3,(H,13,14).